The van der Waals surface area contributed by atoms with E-state index in [1.54, 1.807) is 19.5 Å². The van der Waals surface area contributed by atoms with Crippen molar-refractivity contribution >= 4 is 0 Å². The Morgan fingerprint density at radius 1 is 1.08 bits per heavy atom. The molecule has 0 aliphatic heterocycles. The minimum Gasteiger partial charge on any atom is -0.496 e. The molecular formula is C21H20N2O3. The van der Waals surface area contributed by atoms with Crippen LogP contribution in [0.25, 0.3) is 11.1 Å². The lowest BCUT2D eigenvalue weighted by atomic mass is 9.94. The second-order valence-corrected chi connectivity index (χ2v) is 6.28. The molecule has 5 heteroatoms. The van der Waals surface area contributed by atoms with Crippen molar-refractivity contribution in [2.45, 2.75) is 25.4 Å². The molecule has 1 unspecified atom stereocenters. The number of pyridine rings is 2. The number of para-hydroxylation sites is 1. The van der Waals surface area contributed by atoms with Crippen LogP contribution < -0.4 is 9.47 Å². The van der Waals surface area contributed by atoms with E-state index in [1.807, 2.05) is 42.5 Å². The minimum atomic E-state index is -0.480. The Hall–Kier alpha value is -2.92. The third-order valence-corrected chi connectivity index (χ3v) is 4.60. The van der Waals surface area contributed by atoms with Gasteiger partial charge in [0.2, 0.25) is 5.88 Å². The van der Waals surface area contributed by atoms with Gasteiger partial charge in [-0.1, -0.05) is 18.2 Å². The highest BCUT2D eigenvalue weighted by Gasteiger charge is 2.20. The van der Waals surface area contributed by atoms with Crippen LogP contribution in [-0.2, 0) is 6.42 Å². The van der Waals surface area contributed by atoms with Crippen LogP contribution in [0.4, 0.5) is 0 Å². The standard InChI is InChI=1S/C21H20N2O3/c1-25-19-10-3-2-7-16(19)17-8-5-11-22-21(17)26-15-12-14-6-4-9-18(24)20(14)23-13-15/h2-3,5,7-8,10-13,18,24H,4,6,9H2,1H3. The van der Waals surface area contributed by atoms with Gasteiger partial charge >= 0.3 is 0 Å². The fourth-order valence-electron chi connectivity index (χ4n) is 3.33. The molecule has 1 aliphatic carbocycles. The number of aryl methyl sites for hydroxylation is 1. The summed E-state index contributed by atoms with van der Waals surface area (Å²) in [6.07, 6.45) is 5.48. The SMILES string of the molecule is COc1ccccc1-c1cccnc1Oc1cnc2c(c1)CCCC2O. The van der Waals surface area contributed by atoms with Crippen molar-refractivity contribution in [3.8, 4) is 28.5 Å². The van der Waals surface area contributed by atoms with Gasteiger partial charge in [0.15, 0.2) is 0 Å². The summed E-state index contributed by atoms with van der Waals surface area (Å²) in [5.74, 6) is 1.87. The van der Waals surface area contributed by atoms with Gasteiger partial charge in [-0.15, -0.1) is 0 Å². The Morgan fingerprint density at radius 3 is 2.81 bits per heavy atom. The quantitative estimate of drug-likeness (QED) is 0.761. The van der Waals surface area contributed by atoms with Crippen molar-refractivity contribution in [3.63, 3.8) is 0 Å². The molecule has 1 atom stereocenters. The van der Waals surface area contributed by atoms with Crippen molar-refractivity contribution in [2.24, 2.45) is 0 Å². The lowest BCUT2D eigenvalue weighted by Gasteiger charge is -2.20. The van der Waals surface area contributed by atoms with Crippen LogP contribution in [0.1, 0.15) is 30.2 Å². The highest BCUT2D eigenvalue weighted by Crippen LogP contribution is 2.37. The number of nitrogens with zero attached hydrogens (tertiary/aromatic N) is 2. The Kier molecular flexibility index (Phi) is 4.54. The summed E-state index contributed by atoms with van der Waals surface area (Å²) in [5.41, 5.74) is 3.56. The molecule has 2 aromatic heterocycles. The number of ether oxygens (including phenoxy) is 2. The number of aliphatic hydroxyl groups excluding tert-OH is 1. The van der Waals surface area contributed by atoms with Gasteiger partial charge in [-0.05, 0) is 49.1 Å². The first-order chi connectivity index (χ1) is 12.8. The summed E-state index contributed by atoms with van der Waals surface area (Å²) in [6, 6.07) is 13.5. The predicted molar refractivity (Wildman–Crippen MR) is 98.4 cm³/mol. The molecule has 2 heterocycles. The molecule has 0 fully saturated rings. The number of benzene rings is 1. The topological polar surface area (TPSA) is 64.5 Å². The molecule has 0 spiro atoms. The Bertz CT molecular complexity index is 927. The molecule has 3 aromatic rings. The molecule has 0 radical (unpaired) electrons. The lowest BCUT2D eigenvalue weighted by Crippen LogP contribution is -2.11. The summed E-state index contributed by atoms with van der Waals surface area (Å²) in [4.78, 5) is 8.80. The lowest BCUT2D eigenvalue weighted by molar-refractivity contribution is 0.151. The maximum Gasteiger partial charge on any atom is 0.227 e. The largest absolute Gasteiger partial charge is 0.496 e. The number of hydrogen-bond acceptors (Lipinski definition) is 5. The first-order valence-corrected chi connectivity index (χ1v) is 8.69. The molecule has 0 saturated carbocycles. The maximum atomic E-state index is 10.1. The van der Waals surface area contributed by atoms with E-state index in [0.29, 0.717) is 11.6 Å². The normalized spacial score (nSPS) is 16.0. The highest BCUT2D eigenvalue weighted by molar-refractivity contribution is 5.74. The fourth-order valence-corrected chi connectivity index (χ4v) is 3.33. The number of hydrogen-bond donors (Lipinski definition) is 1. The van der Waals surface area contributed by atoms with Crippen LogP contribution in [0.15, 0.2) is 54.9 Å². The average Bonchev–Trinajstić information content (AvgIpc) is 2.68. The van der Waals surface area contributed by atoms with Crippen LogP contribution in [0.3, 0.4) is 0 Å². The van der Waals surface area contributed by atoms with Gasteiger partial charge < -0.3 is 14.6 Å². The van der Waals surface area contributed by atoms with E-state index in [2.05, 4.69) is 9.97 Å². The molecule has 4 rings (SSSR count). The second-order valence-electron chi connectivity index (χ2n) is 6.28. The molecular weight excluding hydrogens is 328 g/mol. The Balaban J connectivity index is 1.70. The van der Waals surface area contributed by atoms with Crippen molar-refractivity contribution < 1.29 is 14.6 Å². The number of rotatable bonds is 4. The Morgan fingerprint density at radius 2 is 1.92 bits per heavy atom. The van der Waals surface area contributed by atoms with Crippen molar-refractivity contribution in [3.05, 3.63) is 66.1 Å². The van der Waals surface area contributed by atoms with Gasteiger partial charge in [0.1, 0.15) is 11.5 Å². The van der Waals surface area contributed by atoms with Gasteiger partial charge in [-0.3, -0.25) is 4.98 Å². The summed E-state index contributed by atoms with van der Waals surface area (Å²) in [7, 11) is 1.65. The van der Waals surface area contributed by atoms with Gasteiger partial charge in [-0.25, -0.2) is 4.98 Å². The first kappa shape index (κ1) is 16.5. The maximum absolute atomic E-state index is 10.1. The number of aliphatic hydroxyl groups is 1. The molecule has 0 saturated heterocycles. The van der Waals surface area contributed by atoms with Crippen LogP contribution in [0.2, 0.25) is 0 Å². The zero-order valence-corrected chi connectivity index (χ0v) is 14.6. The monoisotopic (exact) mass is 348 g/mol. The van der Waals surface area contributed by atoms with E-state index < -0.39 is 6.10 Å². The highest BCUT2D eigenvalue weighted by atomic mass is 16.5. The zero-order valence-electron chi connectivity index (χ0n) is 14.6. The minimum absolute atomic E-state index is 0.480. The Labute approximate surface area is 152 Å². The molecule has 5 nitrogen and oxygen atoms in total. The van der Waals surface area contributed by atoms with Gasteiger partial charge in [-0.2, -0.15) is 0 Å². The summed E-state index contributed by atoms with van der Waals surface area (Å²) < 4.78 is 11.5. The van der Waals surface area contributed by atoms with Crippen molar-refractivity contribution in [2.75, 3.05) is 7.11 Å². The van der Waals surface area contributed by atoms with E-state index in [4.69, 9.17) is 9.47 Å². The molecule has 0 bridgehead atoms. The summed E-state index contributed by atoms with van der Waals surface area (Å²) in [6.45, 7) is 0. The number of methoxy groups -OCH3 is 1. The van der Waals surface area contributed by atoms with E-state index >= 15 is 0 Å². The van der Waals surface area contributed by atoms with Crippen LogP contribution in [-0.4, -0.2) is 22.2 Å². The fraction of sp³-hybridized carbons (Fsp3) is 0.238. The van der Waals surface area contributed by atoms with Gasteiger partial charge in [0.05, 0.1) is 25.1 Å². The van der Waals surface area contributed by atoms with Gasteiger partial charge in [0.25, 0.3) is 0 Å². The molecule has 0 amide bonds. The molecule has 132 valence electrons. The number of aromatic nitrogens is 2. The summed E-state index contributed by atoms with van der Waals surface area (Å²) in [5, 5.41) is 10.1. The third-order valence-electron chi connectivity index (χ3n) is 4.60. The van der Waals surface area contributed by atoms with Crippen LogP contribution >= 0.6 is 0 Å². The van der Waals surface area contributed by atoms with E-state index in [1.165, 1.54) is 0 Å². The number of fused-ring (bicyclic) bond motifs is 1. The predicted octanol–water partition coefficient (Wildman–Crippen LogP) is 4.31. The molecule has 1 aromatic carbocycles. The average molecular weight is 348 g/mol. The van der Waals surface area contributed by atoms with E-state index in [0.717, 1.165) is 47.4 Å². The smallest absolute Gasteiger partial charge is 0.227 e. The molecule has 1 aliphatic rings. The molecule has 26 heavy (non-hydrogen) atoms. The van der Waals surface area contributed by atoms with Crippen molar-refractivity contribution in [1.82, 2.24) is 9.97 Å². The van der Waals surface area contributed by atoms with E-state index in [-0.39, 0.29) is 0 Å². The van der Waals surface area contributed by atoms with Crippen LogP contribution in [0.5, 0.6) is 17.4 Å². The zero-order chi connectivity index (χ0) is 17.9. The second kappa shape index (κ2) is 7.14. The van der Waals surface area contributed by atoms with E-state index in [9.17, 15) is 5.11 Å². The molecule has 1 N–H and O–H groups in total. The van der Waals surface area contributed by atoms with Gasteiger partial charge in [0, 0.05) is 17.3 Å². The van der Waals surface area contributed by atoms with Crippen molar-refractivity contribution in [1.29, 1.82) is 0 Å². The third kappa shape index (κ3) is 3.13. The first-order valence-electron chi connectivity index (χ1n) is 8.69. The van der Waals surface area contributed by atoms with Crippen LogP contribution in [0, 0.1) is 0 Å². The summed E-state index contributed by atoms with van der Waals surface area (Å²) >= 11 is 0.